The highest BCUT2D eigenvalue weighted by Gasteiger charge is 2.38. The third-order valence-corrected chi connectivity index (χ3v) is 15.3. The van der Waals surface area contributed by atoms with Crippen LogP contribution in [0.2, 0.25) is 0 Å². The van der Waals surface area contributed by atoms with Crippen LogP contribution in [0.15, 0.2) is 0 Å². The predicted octanol–water partition coefficient (Wildman–Crippen LogP) is -4.52. The van der Waals surface area contributed by atoms with Gasteiger partial charge in [0.15, 0.2) is 0 Å². The Labute approximate surface area is 500 Å². The molecule has 1 saturated carbocycles. The molecule has 2 fully saturated rings. The first kappa shape index (κ1) is 75.0. The van der Waals surface area contributed by atoms with Crippen molar-refractivity contribution in [1.82, 2.24) is 58.5 Å². The number of hydrogen-bond donors (Lipinski definition) is 18. The highest BCUT2D eigenvalue weighted by Crippen LogP contribution is 2.28. The number of amides is 11. The molecule has 0 aromatic heterocycles. The summed E-state index contributed by atoms with van der Waals surface area (Å²) >= 11 is 0. The van der Waals surface area contributed by atoms with Crippen LogP contribution in [-0.2, 0) is 52.7 Å². The summed E-state index contributed by atoms with van der Waals surface area (Å²) in [5.74, 6) is -9.10. The van der Waals surface area contributed by atoms with Crippen molar-refractivity contribution in [2.45, 2.75) is 230 Å². The number of aliphatic hydroxyl groups excluding tert-OH is 2. The normalized spacial score (nSPS) is 24.3. The van der Waals surface area contributed by atoms with E-state index in [1.165, 1.54) is 13.8 Å². The summed E-state index contributed by atoms with van der Waals surface area (Å²) in [4.78, 5) is 154. The van der Waals surface area contributed by atoms with E-state index in [2.05, 4.69) is 72.3 Å². The first-order valence-electron chi connectivity index (χ1n) is 30.5. The van der Waals surface area contributed by atoms with Crippen LogP contribution in [0.3, 0.4) is 0 Å². The molecule has 29 nitrogen and oxygen atoms in total. The highest BCUT2D eigenvalue weighted by molar-refractivity contribution is 5.99. The van der Waals surface area contributed by atoms with E-state index in [4.69, 9.17) is 28.7 Å². The lowest BCUT2D eigenvalue weighted by molar-refractivity contribution is -0.137. The van der Waals surface area contributed by atoms with Crippen molar-refractivity contribution < 1.29 is 63.0 Å². The van der Waals surface area contributed by atoms with Gasteiger partial charge in [0.25, 0.3) is 0 Å². The zero-order chi connectivity index (χ0) is 63.8. The van der Waals surface area contributed by atoms with Gasteiger partial charge >= 0.3 is 0 Å². The molecule has 0 aromatic carbocycles. The molecular weight excluding hydrogens is 1100 g/mol. The Morgan fingerprint density at radius 2 is 1.04 bits per heavy atom. The molecule has 1 aliphatic carbocycles. The van der Waals surface area contributed by atoms with E-state index in [1.54, 1.807) is 0 Å². The topological polar surface area (TPSA) is 491 Å². The summed E-state index contributed by atoms with van der Waals surface area (Å²) in [5.41, 5.74) is 29.4. The number of aliphatic hydroxyl groups is 2. The summed E-state index contributed by atoms with van der Waals surface area (Å²) in [6.45, 7) is 9.18. The van der Waals surface area contributed by atoms with E-state index in [1.807, 2.05) is 13.8 Å². The van der Waals surface area contributed by atoms with E-state index >= 15 is 0 Å². The number of carbonyl (C=O) groups excluding carboxylic acids is 11. The number of unbranched alkanes of at least 4 members (excludes halogenated alkanes) is 1. The number of nitrogens with one attached hydrogen (secondary N) is 11. The zero-order valence-electron chi connectivity index (χ0n) is 50.9. The summed E-state index contributed by atoms with van der Waals surface area (Å²) in [6, 6.07) is -14.4. The van der Waals surface area contributed by atoms with E-state index < -0.39 is 151 Å². The Bertz CT molecular complexity index is 2150. The molecule has 11 amide bonds. The van der Waals surface area contributed by atoms with Crippen LogP contribution in [0.1, 0.15) is 157 Å². The summed E-state index contributed by atoms with van der Waals surface area (Å²) in [6.07, 6.45) is 3.67. The minimum atomic E-state index is -1.69. The second-order valence-corrected chi connectivity index (χ2v) is 23.1. The average Bonchev–Trinajstić information content (AvgIpc) is 3.67. The van der Waals surface area contributed by atoms with Crippen LogP contribution in [0.25, 0.3) is 0 Å². The molecular formula is C56H104N16O13. The van der Waals surface area contributed by atoms with E-state index in [0.29, 0.717) is 12.3 Å². The van der Waals surface area contributed by atoms with Crippen molar-refractivity contribution in [2.75, 3.05) is 39.3 Å². The van der Waals surface area contributed by atoms with Crippen molar-refractivity contribution in [2.24, 2.45) is 46.4 Å². The number of hydrogen-bond acceptors (Lipinski definition) is 18. The van der Waals surface area contributed by atoms with Crippen LogP contribution in [0.5, 0.6) is 0 Å². The van der Waals surface area contributed by atoms with Gasteiger partial charge in [0.2, 0.25) is 65.0 Å². The van der Waals surface area contributed by atoms with Gasteiger partial charge in [0.05, 0.1) is 12.2 Å². The minimum Gasteiger partial charge on any atom is -0.391 e. The summed E-state index contributed by atoms with van der Waals surface area (Å²) in [5, 5.41) is 50.0. The lowest BCUT2D eigenvalue weighted by atomic mass is 9.84. The van der Waals surface area contributed by atoms with Gasteiger partial charge in [-0.25, -0.2) is 0 Å². The fourth-order valence-electron chi connectivity index (χ4n) is 10.0. The Morgan fingerprint density at radius 1 is 0.541 bits per heavy atom. The molecule has 0 spiro atoms. The molecule has 0 aromatic rings. The lowest BCUT2D eigenvalue weighted by Crippen LogP contribution is -2.62. The molecule has 85 heavy (non-hydrogen) atoms. The number of rotatable bonds is 29. The fraction of sp³-hybridized carbons (Fsp3) is 0.804. The van der Waals surface area contributed by atoms with E-state index in [-0.39, 0.29) is 95.9 Å². The first-order chi connectivity index (χ1) is 40.3. The van der Waals surface area contributed by atoms with Gasteiger partial charge in [-0.2, -0.15) is 0 Å². The average molecular weight is 1210 g/mol. The monoisotopic (exact) mass is 1210 g/mol. The molecule has 1 aliphatic heterocycles. The lowest BCUT2D eigenvalue weighted by Gasteiger charge is -2.30. The quantitative estimate of drug-likeness (QED) is 0.0314. The minimum absolute atomic E-state index is 0.0106. The standard InChI is InChI=1S/C56H104N16O13/c1-7-32(4)13-11-12-16-44(75)63-36(17-23-57)51(80)72-46(34(6)74)56(85)68-39(20-26-60)48(77)67-41-22-28-62-55(84)45(33(5)73)71-52(81)40(21-27-61)65-47(76)37(18-24-58)66-53(82)42(29-31(2)3)69-54(83)43(30-35-14-9-8-10-15-35)70-49(78)38(19-25-59)64-50(41)79/h31-43,45-46,73-74H,7-30,57-61H2,1-6H3,(H,62,84)(H,63,75)(H,64,79)(H,65,76)(H,66,82)(H,67,77)(H,68,85)(H,69,83)(H,70,78)(H,71,81)(H,72,80)/t32?,33?,34?,36-,37-,38-,39-,40-,41-,42-,43+,45-,46-/m0/s1. The highest BCUT2D eigenvalue weighted by atomic mass is 16.3. The number of carbonyl (C=O) groups is 11. The van der Waals surface area contributed by atoms with Gasteiger partial charge < -0.3 is 97.4 Å². The second-order valence-electron chi connectivity index (χ2n) is 23.1. The molecule has 2 rings (SSSR count). The molecule has 29 heteroatoms. The summed E-state index contributed by atoms with van der Waals surface area (Å²) < 4.78 is 0. The SMILES string of the molecule is CCC(C)CCCCC(=O)N[C@@H](CCN)C(=O)N[C@H](C(=O)N[C@@H](CCN)C(=O)N[C@H]1CCNC(=O)[C@H](C(C)O)NC(=O)[C@H](CCN)NC(=O)[C@H](CCN)NC(=O)[C@H](CC(C)C)NC(=O)[C@@H](CC2CCCCC2)NC(=O)[C@H](CCN)NC1=O)C(C)O. The molecule has 3 unspecified atom stereocenters. The Balaban J connectivity index is 2.66. The van der Waals surface area contributed by atoms with Crippen molar-refractivity contribution in [3.63, 3.8) is 0 Å². The van der Waals surface area contributed by atoms with Crippen LogP contribution >= 0.6 is 0 Å². The Hall–Kier alpha value is -6.11. The predicted molar refractivity (Wildman–Crippen MR) is 317 cm³/mol. The molecule has 0 bridgehead atoms. The maximum Gasteiger partial charge on any atom is 0.245 e. The van der Waals surface area contributed by atoms with Crippen LogP contribution in [0.4, 0.5) is 0 Å². The van der Waals surface area contributed by atoms with Crippen LogP contribution in [0, 0.1) is 17.8 Å². The summed E-state index contributed by atoms with van der Waals surface area (Å²) in [7, 11) is 0. The molecule has 23 N–H and O–H groups in total. The van der Waals surface area contributed by atoms with Crippen LogP contribution < -0.4 is 87.2 Å². The van der Waals surface area contributed by atoms with Gasteiger partial charge in [-0.3, -0.25) is 52.7 Å². The van der Waals surface area contributed by atoms with Crippen LogP contribution in [-0.4, -0.2) is 187 Å². The third kappa shape index (κ3) is 27.4. The molecule has 13 atom stereocenters. The van der Waals surface area contributed by atoms with Crippen molar-refractivity contribution in [3.05, 3.63) is 0 Å². The smallest absolute Gasteiger partial charge is 0.245 e. The van der Waals surface area contributed by atoms with Gasteiger partial charge in [-0.05, 0) is 122 Å². The molecule has 1 saturated heterocycles. The van der Waals surface area contributed by atoms with E-state index in [9.17, 15) is 63.0 Å². The molecule has 2 aliphatic rings. The molecule has 1 heterocycles. The zero-order valence-corrected chi connectivity index (χ0v) is 50.9. The third-order valence-electron chi connectivity index (χ3n) is 15.3. The fourth-order valence-corrected chi connectivity index (χ4v) is 10.0. The number of nitrogens with two attached hydrogens (primary N) is 5. The van der Waals surface area contributed by atoms with E-state index in [0.717, 1.165) is 51.4 Å². The van der Waals surface area contributed by atoms with Crippen molar-refractivity contribution >= 4 is 65.0 Å². The van der Waals surface area contributed by atoms with Gasteiger partial charge in [-0.15, -0.1) is 0 Å². The molecule has 0 radical (unpaired) electrons. The Morgan fingerprint density at radius 3 is 1.54 bits per heavy atom. The van der Waals surface area contributed by atoms with Crippen molar-refractivity contribution in [1.29, 1.82) is 0 Å². The first-order valence-corrected chi connectivity index (χ1v) is 30.5. The maximum absolute atomic E-state index is 14.6. The molecule has 486 valence electrons. The largest absolute Gasteiger partial charge is 0.391 e. The Kier molecular flexibility index (Phi) is 35.6. The second kappa shape index (κ2) is 40.3. The van der Waals surface area contributed by atoms with Gasteiger partial charge in [0.1, 0.15) is 60.4 Å². The maximum atomic E-state index is 14.6. The van der Waals surface area contributed by atoms with Gasteiger partial charge in [0, 0.05) is 13.0 Å². The van der Waals surface area contributed by atoms with Gasteiger partial charge in [-0.1, -0.05) is 79.1 Å². The van der Waals surface area contributed by atoms with Crippen molar-refractivity contribution in [3.8, 4) is 0 Å².